The third-order valence-corrected chi connectivity index (χ3v) is 12.8. The van der Waals surface area contributed by atoms with Gasteiger partial charge in [-0.05, 0) is 44.5 Å². The predicted molar refractivity (Wildman–Crippen MR) is 260 cm³/mol. The van der Waals surface area contributed by atoms with Crippen molar-refractivity contribution >= 4 is 46.2 Å². The summed E-state index contributed by atoms with van der Waals surface area (Å²) in [4.78, 5) is 16.3. The van der Waals surface area contributed by atoms with Gasteiger partial charge >= 0.3 is 0 Å². The molecule has 2 aliphatic heterocycles. The molecule has 1 aromatic heterocycles. The van der Waals surface area contributed by atoms with Crippen molar-refractivity contribution in [2.75, 3.05) is 0 Å². The number of fused-ring (bicyclic) bond motifs is 10. The second-order valence-corrected chi connectivity index (χ2v) is 16.2. The van der Waals surface area contributed by atoms with E-state index in [0.29, 0.717) is 17.5 Å². The molecule has 0 spiro atoms. The number of hydrogen-bond donors (Lipinski definition) is 0. The van der Waals surface area contributed by atoms with E-state index in [2.05, 4.69) is 212 Å². The third-order valence-electron chi connectivity index (χ3n) is 12.8. The summed E-state index contributed by atoms with van der Waals surface area (Å²) in [6.07, 6.45) is 0. The molecule has 0 radical (unpaired) electrons. The van der Waals surface area contributed by atoms with Gasteiger partial charge in [0.1, 0.15) is 0 Å². The molecular formula is C57H37B2N3. The molecule has 9 aromatic carbocycles. The van der Waals surface area contributed by atoms with Crippen LogP contribution in [-0.4, -0.2) is 28.4 Å². The highest BCUT2D eigenvalue weighted by molar-refractivity contribution is 7.01. The predicted octanol–water partition coefficient (Wildman–Crippen LogP) is 9.20. The van der Waals surface area contributed by atoms with Crippen LogP contribution in [0.2, 0.25) is 0 Å². The van der Waals surface area contributed by atoms with Gasteiger partial charge in [0.05, 0.1) is 0 Å². The molecule has 62 heavy (non-hydrogen) atoms. The van der Waals surface area contributed by atoms with E-state index < -0.39 is 0 Å². The lowest BCUT2D eigenvalue weighted by molar-refractivity contribution is 1.08. The molecule has 0 saturated heterocycles. The number of aromatic nitrogens is 3. The van der Waals surface area contributed by atoms with E-state index in [0.717, 1.165) is 27.6 Å². The van der Waals surface area contributed by atoms with E-state index >= 15 is 0 Å². The smallest absolute Gasteiger partial charge is 0.208 e. The highest BCUT2D eigenvalue weighted by Crippen LogP contribution is 2.36. The van der Waals surface area contributed by atoms with Gasteiger partial charge in [-0.1, -0.05) is 257 Å². The number of nitrogens with zero attached hydrogens (tertiary/aromatic N) is 3. The molecule has 0 bridgehead atoms. The van der Waals surface area contributed by atoms with E-state index in [4.69, 9.17) is 15.0 Å². The minimum atomic E-state index is -0.157. The maximum absolute atomic E-state index is 5.54. The average molecular weight is 786 g/mol. The summed E-state index contributed by atoms with van der Waals surface area (Å²) in [6.45, 7) is -0.314. The second-order valence-electron chi connectivity index (χ2n) is 16.2. The summed E-state index contributed by atoms with van der Waals surface area (Å²) in [7, 11) is 0. The molecule has 0 fully saturated rings. The van der Waals surface area contributed by atoms with Crippen LogP contribution in [0, 0.1) is 0 Å². The Morgan fingerprint density at radius 3 is 0.806 bits per heavy atom. The first-order valence-corrected chi connectivity index (χ1v) is 21.4. The molecule has 5 heteroatoms. The topological polar surface area (TPSA) is 38.7 Å². The molecule has 0 aliphatic carbocycles. The van der Waals surface area contributed by atoms with Crippen molar-refractivity contribution in [3.63, 3.8) is 0 Å². The highest BCUT2D eigenvalue weighted by Gasteiger charge is 2.38. The van der Waals surface area contributed by atoms with Crippen LogP contribution in [-0.2, 0) is 0 Å². The monoisotopic (exact) mass is 785 g/mol. The van der Waals surface area contributed by atoms with Crippen molar-refractivity contribution in [3.05, 3.63) is 224 Å². The molecule has 10 aromatic rings. The van der Waals surface area contributed by atoms with Crippen LogP contribution in [0.3, 0.4) is 0 Å². The van der Waals surface area contributed by atoms with E-state index in [-0.39, 0.29) is 13.4 Å². The van der Waals surface area contributed by atoms with Gasteiger partial charge in [-0.25, -0.2) is 15.0 Å². The summed E-state index contributed by atoms with van der Waals surface area (Å²) in [5.41, 5.74) is 20.0. The van der Waals surface area contributed by atoms with E-state index in [1.807, 2.05) is 12.1 Å². The van der Waals surface area contributed by atoms with Gasteiger partial charge in [0.2, 0.25) is 13.4 Å². The summed E-state index contributed by atoms with van der Waals surface area (Å²) in [5.74, 6) is 1.92. The molecule has 0 unspecified atom stereocenters. The average Bonchev–Trinajstić information content (AvgIpc) is 3.56. The molecule has 286 valence electrons. The van der Waals surface area contributed by atoms with Gasteiger partial charge in [0.15, 0.2) is 17.5 Å². The third kappa shape index (κ3) is 5.89. The van der Waals surface area contributed by atoms with Crippen LogP contribution in [0.25, 0.3) is 78.7 Å². The maximum atomic E-state index is 5.54. The van der Waals surface area contributed by atoms with Crippen molar-refractivity contribution < 1.29 is 0 Å². The molecular weight excluding hydrogens is 748 g/mol. The molecule has 12 rings (SSSR count). The van der Waals surface area contributed by atoms with Crippen molar-refractivity contribution in [3.8, 4) is 78.7 Å². The van der Waals surface area contributed by atoms with E-state index in [9.17, 15) is 0 Å². The largest absolute Gasteiger partial charge is 0.243 e. The first-order chi connectivity index (χ1) is 30.8. The van der Waals surface area contributed by atoms with Crippen LogP contribution in [0.4, 0.5) is 0 Å². The SMILES string of the molecule is c1ccc(-c2nc(-c3ccccc3)nc(-c3c(B4c5ccccc5-c5ccccc5-c5ccccc54)cccc3B3c4ccccc4-c4ccccc4-c4ccccc43)n2)cc1. The Morgan fingerprint density at radius 2 is 0.468 bits per heavy atom. The first-order valence-electron chi connectivity index (χ1n) is 21.4. The zero-order valence-electron chi connectivity index (χ0n) is 33.9. The lowest BCUT2D eigenvalue weighted by atomic mass is 9.31. The molecule has 0 amide bonds. The fraction of sp³-hybridized carbons (Fsp3) is 0. The highest BCUT2D eigenvalue weighted by atomic mass is 15.0. The van der Waals surface area contributed by atoms with Gasteiger partial charge in [-0.2, -0.15) is 0 Å². The fourth-order valence-electron chi connectivity index (χ4n) is 10.1. The molecule has 0 saturated carbocycles. The molecule has 2 aliphatic rings. The van der Waals surface area contributed by atoms with Crippen molar-refractivity contribution in [2.24, 2.45) is 0 Å². The number of hydrogen-bond acceptors (Lipinski definition) is 3. The minimum absolute atomic E-state index is 0.157. The summed E-state index contributed by atoms with van der Waals surface area (Å²) in [6, 6.07) is 81.1. The van der Waals surface area contributed by atoms with Crippen molar-refractivity contribution in [1.82, 2.24) is 15.0 Å². The Hall–Kier alpha value is -7.88. The van der Waals surface area contributed by atoms with E-state index in [1.165, 1.54) is 66.4 Å². The lowest BCUT2D eigenvalue weighted by Crippen LogP contribution is -2.58. The van der Waals surface area contributed by atoms with Crippen LogP contribution in [0.15, 0.2) is 224 Å². The Morgan fingerprint density at radius 1 is 0.210 bits per heavy atom. The zero-order chi connectivity index (χ0) is 41.0. The van der Waals surface area contributed by atoms with Crippen molar-refractivity contribution in [1.29, 1.82) is 0 Å². The summed E-state index contributed by atoms with van der Waals surface area (Å²) < 4.78 is 0. The van der Waals surface area contributed by atoms with Crippen molar-refractivity contribution in [2.45, 2.75) is 0 Å². The summed E-state index contributed by atoms with van der Waals surface area (Å²) >= 11 is 0. The van der Waals surface area contributed by atoms with Crippen LogP contribution >= 0.6 is 0 Å². The number of rotatable bonds is 5. The maximum Gasteiger partial charge on any atom is 0.243 e. The first kappa shape index (κ1) is 36.0. The number of benzene rings is 9. The zero-order valence-corrected chi connectivity index (χ0v) is 33.9. The Kier molecular flexibility index (Phi) is 8.71. The van der Waals surface area contributed by atoms with Crippen LogP contribution in [0.5, 0.6) is 0 Å². The van der Waals surface area contributed by atoms with Crippen LogP contribution < -0.4 is 32.8 Å². The fourth-order valence-corrected chi connectivity index (χ4v) is 10.1. The molecule has 3 nitrogen and oxygen atoms in total. The molecule has 0 atom stereocenters. The summed E-state index contributed by atoms with van der Waals surface area (Å²) in [5, 5.41) is 0. The van der Waals surface area contributed by atoms with Crippen LogP contribution in [0.1, 0.15) is 0 Å². The standard InChI is InChI=1S/C57H37B2N3/c1-3-20-38(21-4-1)55-60-56(39-22-5-2-6-23-39)62-57(61-55)54-52(58-48-32-15-11-28-44(48)40-24-7-8-25-41(40)45-29-12-16-33-49(45)58)36-19-37-53(54)59-50-34-17-13-30-46(50)42-26-9-10-27-43(42)47-31-14-18-35-51(47)59/h1-37H. The Balaban J connectivity index is 1.23. The van der Waals surface area contributed by atoms with Gasteiger partial charge in [0.25, 0.3) is 0 Å². The Labute approximate surface area is 362 Å². The normalized spacial score (nSPS) is 12.1. The minimum Gasteiger partial charge on any atom is -0.208 e. The second kappa shape index (κ2) is 15.0. The molecule has 0 N–H and O–H groups in total. The van der Waals surface area contributed by atoms with Gasteiger partial charge in [0, 0.05) is 16.7 Å². The van der Waals surface area contributed by atoms with E-state index in [1.54, 1.807) is 0 Å². The quantitative estimate of drug-likeness (QED) is 0.164. The Bertz CT molecular complexity index is 2980. The van der Waals surface area contributed by atoms with Gasteiger partial charge < -0.3 is 0 Å². The van der Waals surface area contributed by atoms with Gasteiger partial charge in [-0.3, -0.25) is 0 Å². The van der Waals surface area contributed by atoms with Gasteiger partial charge in [-0.15, -0.1) is 0 Å². The lowest BCUT2D eigenvalue weighted by Gasteiger charge is -2.26. The molecule has 3 heterocycles.